The van der Waals surface area contributed by atoms with Crippen molar-refractivity contribution in [1.29, 1.82) is 0 Å². The fourth-order valence-corrected chi connectivity index (χ4v) is 3.29. The Kier molecular flexibility index (Phi) is 8.31. The van der Waals surface area contributed by atoms with Crippen molar-refractivity contribution in [2.45, 2.75) is 20.0 Å². The van der Waals surface area contributed by atoms with Crippen LogP contribution >= 0.6 is 24.0 Å². The number of halogens is 1. The van der Waals surface area contributed by atoms with Gasteiger partial charge in [0, 0.05) is 39.8 Å². The molecule has 0 saturated carbocycles. The predicted molar refractivity (Wildman–Crippen MR) is 121 cm³/mol. The SMILES string of the molecule is CN=C(NCc1ccc(C(N)=O)o1)N1CCN(Cc2cccc(C)c2)CC1.I. The van der Waals surface area contributed by atoms with Gasteiger partial charge in [-0.2, -0.15) is 0 Å². The molecule has 2 heterocycles. The van der Waals surface area contributed by atoms with Crippen LogP contribution in [0.1, 0.15) is 27.4 Å². The Morgan fingerprint density at radius 1 is 1.21 bits per heavy atom. The Morgan fingerprint density at radius 3 is 2.57 bits per heavy atom. The van der Waals surface area contributed by atoms with Crippen LogP contribution in [0.25, 0.3) is 0 Å². The third kappa shape index (κ3) is 5.96. The molecule has 1 fully saturated rings. The van der Waals surface area contributed by atoms with E-state index in [9.17, 15) is 4.79 Å². The van der Waals surface area contributed by atoms with E-state index in [1.807, 2.05) is 0 Å². The minimum Gasteiger partial charge on any atom is -0.454 e. The summed E-state index contributed by atoms with van der Waals surface area (Å²) in [4.78, 5) is 20.2. The number of aryl methyl sites for hydroxylation is 1. The van der Waals surface area contributed by atoms with Gasteiger partial charge in [-0.3, -0.25) is 14.7 Å². The van der Waals surface area contributed by atoms with Gasteiger partial charge in [0.1, 0.15) is 5.76 Å². The number of primary amides is 1. The van der Waals surface area contributed by atoms with Crippen LogP contribution in [0.3, 0.4) is 0 Å². The Hall–Kier alpha value is -2.07. The van der Waals surface area contributed by atoms with Gasteiger partial charge in [-0.05, 0) is 24.6 Å². The van der Waals surface area contributed by atoms with Crippen LogP contribution < -0.4 is 11.1 Å². The highest BCUT2D eigenvalue weighted by molar-refractivity contribution is 14.0. The number of carbonyl (C=O) groups is 1. The summed E-state index contributed by atoms with van der Waals surface area (Å²) >= 11 is 0. The summed E-state index contributed by atoms with van der Waals surface area (Å²) < 4.78 is 5.40. The van der Waals surface area contributed by atoms with Crippen LogP contribution in [0.5, 0.6) is 0 Å². The monoisotopic (exact) mass is 497 g/mol. The highest BCUT2D eigenvalue weighted by Crippen LogP contribution is 2.11. The number of piperazine rings is 1. The summed E-state index contributed by atoms with van der Waals surface area (Å²) in [5.74, 6) is 1.10. The number of nitrogens with one attached hydrogen (secondary N) is 1. The maximum Gasteiger partial charge on any atom is 0.284 e. The molecule has 1 saturated heterocycles. The lowest BCUT2D eigenvalue weighted by atomic mass is 10.1. The Morgan fingerprint density at radius 2 is 1.96 bits per heavy atom. The number of amides is 1. The Labute approximate surface area is 183 Å². The zero-order chi connectivity index (χ0) is 19.2. The maximum atomic E-state index is 11.1. The normalized spacial score (nSPS) is 15.2. The van der Waals surface area contributed by atoms with Crippen molar-refractivity contribution >= 4 is 35.8 Å². The van der Waals surface area contributed by atoms with Crippen molar-refractivity contribution in [3.05, 3.63) is 59.0 Å². The largest absolute Gasteiger partial charge is 0.454 e. The van der Waals surface area contributed by atoms with Crippen LogP contribution in [0.15, 0.2) is 45.8 Å². The molecule has 7 nitrogen and oxygen atoms in total. The van der Waals surface area contributed by atoms with E-state index in [0.717, 1.165) is 38.7 Å². The molecule has 28 heavy (non-hydrogen) atoms. The third-order valence-corrected chi connectivity index (χ3v) is 4.70. The molecule has 1 aliphatic heterocycles. The predicted octanol–water partition coefficient (Wildman–Crippen LogP) is 2.20. The van der Waals surface area contributed by atoms with Gasteiger partial charge in [-0.1, -0.05) is 29.8 Å². The fourth-order valence-electron chi connectivity index (χ4n) is 3.29. The molecule has 152 valence electrons. The van der Waals surface area contributed by atoms with Crippen LogP contribution in [-0.4, -0.2) is 54.9 Å². The van der Waals surface area contributed by atoms with E-state index in [0.29, 0.717) is 12.3 Å². The molecule has 0 atom stereocenters. The molecule has 8 heteroatoms. The number of hydrogen-bond acceptors (Lipinski definition) is 4. The first-order valence-corrected chi connectivity index (χ1v) is 9.17. The first kappa shape index (κ1) is 22.2. The summed E-state index contributed by atoms with van der Waals surface area (Å²) in [7, 11) is 1.78. The molecule has 1 aromatic heterocycles. The molecule has 0 aliphatic carbocycles. The molecule has 0 unspecified atom stereocenters. The molecular formula is C20H28IN5O2. The number of aliphatic imine (C=N–C) groups is 1. The number of nitrogens with zero attached hydrogens (tertiary/aromatic N) is 3. The Balaban J connectivity index is 0.00000280. The Bertz CT molecular complexity index is 812. The zero-order valence-electron chi connectivity index (χ0n) is 16.4. The first-order chi connectivity index (χ1) is 13.0. The van der Waals surface area contributed by atoms with Gasteiger partial charge in [-0.15, -0.1) is 24.0 Å². The molecule has 1 amide bonds. The summed E-state index contributed by atoms with van der Waals surface area (Å²) in [6.45, 7) is 7.37. The number of hydrogen-bond donors (Lipinski definition) is 2. The van der Waals surface area contributed by atoms with E-state index in [-0.39, 0.29) is 29.7 Å². The number of guanidine groups is 1. The quantitative estimate of drug-likeness (QED) is 0.376. The summed E-state index contributed by atoms with van der Waals surface area (Å²) in [5, 5.41) is 3.29. The van der Waals surface area contributed by atoms with E-state index < -0.39 is 5.91 Å². The number of carbonyl (C=O) groups excluding carboxylic acids is 1. The average Bonchev–Trinajstić information content (AvgIpc) is 3.13. The molecule has 0 bridgehead atoms. The molecule has 2 aromatic rings. The second-order valence-corrected chi connectivity index (χ2v) is 6.78. The first-order valence-electron chi connectivity index (χ1n) is 9.17. The minimum atomic E-state index is -0.560. The van der Waals surface area contributed by atoms with Crippen molar-refractivity contribution in [1.82, 2.24) is 15.1 Å². The lowest BCUT2D eigenvalue weighted by Crippen LogP contribution is -2.52. The second-order valence-electron chi connectivity index (χ2n) is 6.78. The fraction of sp³-hybridized carbons (Fsp3) is 0.400. The smallest absolute Gasteiger partial charge is 0.284 e. The molecule has 1 aliphatic rings. The van der Waals surface area contributed by atoms with Crippen LogP contribution in [0, 0.1) is 6.92 Å². The van der Waals surface area contributed by atoms with E-state index in [1.165, 1.54) is 11.1 Å². The van der Waals surface area contributed by atoms with Crippen LogP contribution in [-0.2, 0) is 13.1 Å². The molecule has 3 N–H and O–H groups in total. The van der Waals surface area contributed by atoms with Gasteiger partial charge in [0.25, 0.3) is 5.91 Å². The van der Waals surface area contributed by atoms with Crippen molar-refractivity contribution in [3.63, 3.8) is 0 Å². The lowest BCUT2D eigenvalue weighted by Gasteiger charge is -2.36. The molecule has 0 spiro atoms. The van der Waals surface area contributed by atoms with Gasteiger partial charge in [0.15, 0.2) is 11.7 Å². The van der Waals surface area contributed by atoms with Gasteiger partial charge in [0.2, 0.25) is 0 Å². The number of furan rings is 1. The topological polar surface area (TPSA) is 87.1 Å². The highest BCUT2D eigenvalue weighted by Gasteiger charge is 2.20. The zero-order valence-corrected chi connectivity index (χ0v) is 18.7. The van der Waals surface area contributed by atoms with Gasteiger partial charge in [0.05, 0.1) is 6.54 Å². The summed E-state index contributed by atoms with van der Waals surface area (Å²) in [5.41, 5.74) is 7.87. The standard InChI is InChI=1S/C20H27N5O2.HI/c1-15-4-3-5-16(12-15)14-24-8-10-25(11-9-24)20(22-2)23-13-17-6-7-18(27-17)19(21)26;/h3-7,12H,8-11,13-14H2,1-2H3,(H2,21,26)(H,22,23);1H. The second kappa shape index (κ2) is 10.5. The summed E-state index contributed by atoms with van der Waals surface area (Å²) in [6, 6.07) is 12.0. The van der Waals surface area contributed by atoms with Crippen LogP contribution in [0.4, 0.5) is 0 Å². The number of rotatable bonds is 5. The van der Waals surface area contributed by atoms with Crippen LogP contribution in [0.2, 0.25) is 0 Å². The van der Waals surface area contributed by atoms with Gasteiger partial charge >= 0.3 is 0 Å². The maximum absolute atomic E-state index is 11.1. The third-order valence-electron chi connectivity index (χ3n) is 4.70. The average molecular weight is 497 g/mol. The van der Waals surface area contributed by atoms with Crippen molar-refractivity contribution in [2.75, 3.05) is 33.2 Å². The lowest BCUT2D eigenvalue weighted by molar-refractivity contribution is 0.0972. The van der Waals surface area contributed by atoms with E-state index in [1.54, 1.807) is 19.2 Å². The van der Waals surface area contributed by atoms with Crippen molar-refractivity contribution in [3.8, 4) is 0 Å². The van der Waals surface area contributed by atoms with Crippen molar-refractivity contribution in [2.24, 2.45) is 10.7 Å². The van der Waals surface area contributed by atoms with Crippen molar-refractivity contribution < 1.29 is 9.21 Å². The van der Waals surface area contributed by atoms with Gasteiger partial charge < -0.3 is 20.4 Å². The van der Waals surface area contributed by atoms with E-state index >= 15 is 0 Å². The van der Waals surface area contributed by atoms with Gasteiger partial charge in [-0.25, -0.2) is 0 Å². The molecule has 0 radical (unpaired) electrons. The molecule has 1 aromatic carbocycles. The van der Waals surface area contributed by atoms with E-state index in [4.69, 9.17) is 10.2 Å². The molecular weight excluding hydrogens is 469 g/mol. The van der Waals surface area contributed by atoms with E-state index in [2.05, 4.69) is 51.3 Å². The molecule has 3 rings (SSSR count). The highest BCUT2D eigenvalue weighted by atomic mass is 127. The number of benzene rings is 1. The number of nitrogens with two attached hydrogens (primary N) is 1. The summed E-state index contributed by atoms with van der Waals surface area (Å²) in [6.07, 6.45) is 0. The minimum absolute atomic E-state index is 0.